The van der Waals surface area contributed by atoms with Crippen LogP contribution in [0.4, 0.5) is 14.4 Å². The minimum atomic E-state index is -0.826. The Morgan fingerprint density at radius 2 is 1.03 bits per heavy atom. The highest BCUT2D eigenvalue weighted by Crippen LogP contribution is 2.31. The highest BCUT2D eigenvalue weighted by atomic mass is 35.5. The molecule has 0 aliphatic carbocycles. The lowest BCUT2D eigenvalue weighted by Crippen LogP contribution is -2.36. The van der Waals surface area contributed by atoms with Gasteiger partial charge in [-0.25, -0.2) is 14.4 Å². The molecule has 14 nitrogen and oxygen atoms in total. The van der Waals surface area contributed by atoms with E-state index in [2.05, 4.69) is 24.5 Å². The fraction of sp³-hybridized carbons (Fsp3) is 0.625. The van der Waals surface area contributed by atoms with Crippen molar-refractivity contribution in [1.82, 2.24) is 0 Å². The Kier molecular flexibility index (Phi) is 14.2. The molecule has 39 heavy (non-hydrogen) atoms. The Bertz CT molecular complexity index is 782. The zero-order chi connectivity index (χ0) is 28.8. The van der Waals surface area contributed by atoms with Gasteiger partial charge in [0.05, 0.1) is 26.4 Å². The molecule has 220 valence electrons. The van der Waals surface area contributed by atoms with E-state index >= 15 is 0 Å². The van der Waals surface area contributed by atoms with Crippen molar-refractivity contribution in [3.05, 3.63) is 38.0 Å². The molecule has 2 N–H and O–H groups in total. The van der Waals surface area contributed by atoms with E-state index in [0.29, 0.717) is 0 Å². The van der Waals surface area contributed by atoms with Crippen molar-refractivity contribution in [2.75, 3.05) is 46.2 Å². The molecule has 0 aromatic carbocycles. The molecule has 8 atom stereocenters. The summed E-state index contributed by atoms with van der Waals surface area (Å²) in [5.74, 6) is 0. The molecule has 0 aromatic rings. The fourth-order valence-electron chi connectivity index (χ4n) is 3.78. The highest BCUT2D eigenvalue weighted by Gasteiger charge is 2.51. The van der Waals surface area contributed by atoms with Gasteiger partial charge in [-0.1, -0.05) is 38.0 Å². The van der Waals surface area contributed by atoms with Crippen molar-refractivity contribution in [3.8, 4) is 0 Å². The maximum absolute atomic E-state index is 11.4. The van der Waals surface area contributed by atoms with E-state index in [0.717, 1.165) is 0 Å². The summed E-state index contributed by atoms with van der Waals surface area (Å²) in [4.78, 5) is 32.5. The van der Waals surface area contributed by atoms with Gasteiger partial charge in [-0.3, -0.25) is 0 Å². The van der Waals surface area contributed by atoms with Crippen LogP contribution in [0.3, 0.4) is 0 Å². The summed E-state index contributed by atoms with van der Waals surface area (Å²) >= 11 is 4.75. The summed E-state index contributed by atoms with van der Waals surface area (Å²) in [6.07, 6.45) is -1.28. The predicted octanol–water partition coefficient (Wildman–Crippen LogP) is 1.25. The largest absolute Gasteiger partial charge is 0.509 e. The molecule has 4 heterocycles. The molecule has 0 radical (unpaired) electrons. The number of rotatable bonds is 8. The topological polar surface area (TPSA) is 175 Å². The van der Waals surface area contributed by atoms with Gasteiger partial charge in [0.2, 0.25) is 0 Å². The third-order valence-corrected chi connectivity index (χ3v) is 5.52. The number of carbonyl (C=O) groups is 3. The summed E-state index contributed by atoms with van der Waals surface area (Å²) in [7, 11) is 0. The van der Waals surface area contributed by atoms with Crippen LogP contribution in [0.2, 0.25) is 0 Å². The average molecular weight is 581 g/mol. The first-order valence-electron chi connectivity index (χ1n) is 11.9. The van der Waals surface area contributed by atoms with Gasteiger partial charge in [0, 0.05) is 11.6 Å². The molecular formula is C24H33ClO14. The average Bonchev–Trinajstić information content (AvgIpc) is 3.68. The lowest BCUT2D eigenvalue weighted by atomic mass is 10.1. The van der Waals surface area contributed by atoms with Crippen LogP contribution in [0.5, 0.6) is 0 Å². The van der Waals surface area contributed by atoms with Crippen LogP contribution in [0, 0.1) is 0 Å². The molecular weight excluding hydrogens is 548 g/mol. The summed E-state index contributed by atoms with van der Waals surface area (Å²) in [5, 5.41) is 18.3. The smallest absolute Gasteiger partial charge is 0.449 e. The number of halogens is 1. The second kappa shape index (κ2) is 17.1. The molecule has 15 heteroatoms. The Morgan fingerprint density at radius 1 is 0.667 bits per heavy atom. The lowest BCUT2D eigenvalue weighted by molar-refractivity contribution is -0.0394. The number of ether oxygens (including phenoxy) is 9. The van der Waals surface area contributed by atoms with Gasteiger partial charge in [-0.2, -0.15) is 0 Å². The van der Waals surface area contributed by atoms with Gasteiger partial charge in [0.1, 0.15) is 56.4 Å². The quantitative estimate of drug-likeness (QED) is 0.181. The Labute approximate surface area is 229 Å². The second-order valence-corrected chi connectivity index (χ2v) is 8.48. The number of fused-ring (bicyclic) bond motifs is 2. The molecule has 0 saturated carbocycles. The van der Waals surface area contributed by atoms with Gasteiger partial charge in [-0.15, -0.1) is 0 Å². The second-order valence-electron chi connectivity index (χ2n) is 8.18. The number of hydrogen-bond donors (Lipinski definition) is 2. The van der Waals surface area contributed by atoms with Crippen molar-refractivity contribution in [2.45, 2.75) is 48.8 Å². The minimum Gasteiger partial charge on any atom is -0.449 e. The molecule has 8 unspecified atom stereocenters. The molecule has 4 rings (SSSR count). The first-order valence-corrected chi connectivity index (χ1v) is 12.2. The third kappa shape index (κ3) is 10.4. The van der Waals surface area contributed by atoms with E-state index in [4.69, 9.17) is 59.7 Å². The molecule has 0 spiro atoms. The number of carbonyl (C=O) groups excluding carboxylic acids is 3. The van der Waals surface area contributed by atoms with Crippen LogP contribution in [-0.2, 0) is 42.6 Å². The van der Waals surface area contributed by atoms with E-state index in [-0.39, 0.29) is 58.5 Å². The maximum Gasteiger partial charge on any atom is 0.509 e. The van der Waals surface area contributed by atoms with Crippen molar-refractivity contribution >= 4 is 29.3 Å². The molecule has 0 aromatic heterocycles. The SMILES string of the molecule is C=CCOC(=O)Cl.C=CCOC(=O)OC1COC2C(OC(=O)OCC=C)COC12.OC1COC2C(O)COC12. The van der Waals surface area contributed by atoms with Crippen molar-refractivity contribution < 1.29 is 67.2 Å². The highest BCUT2D eigenvalue weighted by molar-refractivity contribution is 6.61. The lowest BCUT2D eigenvalue weighted by Gasteiger charge is -2.16. The normalized spacial score (nSPS) is 31.6. The number of aliphatic hydroxyl groups excluding tert-OH is 2. The van der Waals surface area contributed by atoms with E-state index in [9.17, 15) is 14.4 Å². The van der Waals surface area contributed by atoms with Crippen molar-refractivity contribution in [2.24, 2.45) is 0 Å². The van der Waals surface area contributed by atoms with Crippen LogP contribution in [0.1, 0.15) is 0 Å². The monoisotopic (exact) mass is 580 g/mol. The first kappa shape index (κ1) is 32.5. The van der Waals surface area contributed by atoms with Crippen molar-refractivity contribution in [1.29, 1.82) is 0 Å². The van der Waals surface area contributed by atoms with Crippen molar-refractivity contribution in [3.63, 3.8) is 0 Å². The fourth-order valence-corrected chi connectivity index (χ4v) is 3.85. The van der Waals surface area contributed by atoms with E-state index in [1.807, 2.05) is 0 Å². The number of aliphatic hydroxyl groups is 2. The van der Waals surface area contributed by atoms with Gasteiger partial charge < -0.3 is 52.8 Å². The zero-order valence-electron chi connectivity index (χ0n) is 21.1. The van der Waals surface area contributed by atoms with Crippen LogP contribution in [0.15, 0.2) is 38.0 Å². The van der Waals surface area contributed by atoms with Crippen LogP contribution in [-0.4, -0.2) is 123 Å². The first-order chi connectivity index (χ1) is 18.7. The Balaban J connectivity index is 0.000000256. The molecule has 4 fully saturated rings. The number of hydrogen-bond acceptors (Lipinski definition) is 14. The van der Waals surface area contributed by atoms with Crippen LogP contribution >= 0.6 is 11.6 Å². The molecule has 4 saturated heterocycles. The van der Waals surface area contributed by atoms with E-state index in [1.165, 1.54) is 18.2 Å². The van der Waals surface area contributed by atoms with Gasteiger partial charge in [-0.05, 0) is 0 Å². The van der Waals surface area contributed by atoms with Gasteiger partial charge in [0.15, 0.2) is 12.2 Å². The standard InChI is InChI=1S/C14H18O8.C6H10O4.C4H5ClO2/c1-3-5-17-13(15)21-9-7-19-12-10(8-20-11(9)12)22-14(16)18-6-4-2;7-3-1-9-6-4(8)2-10-5(3)6;1-2-3-7-4(5)6/h3-4,9-12H,1-2,5-8H2;3-8H,1-2H2;2H,1,3H2. The zero-order valence-corrected chi connectivity index (χ0v) is 21.8. The molecule has 0 amide bonds. The van der Waals surface area contributed by atoms with Gasteiger partial charge >= 0.3 is 17.7 Å². The third-order valence-electron chi connectivity index (χ3n) is 5.41. The van der Waals surface area contributed by atoms with Gasteiger partial charge in [0.25, 0.3) is 0 Å². The molecule has 4 aliphatic heterocycles. The predicted molar refractivity (Wildman–Crippen MR) is 131 cm³/mol. The Hall–Kier alpha value is -2.72. The van der Waals surface area contributed by atoms with Crippen LogP contribution < -0.4 is 0 Å². The van der Waals surface area contributed by atoms with Crippen LogP contribution in [0.25, 0.3) is 0 Å². The minimum absolute atomic E-state index is 0.0578. The molecule has 0 bridgehead atoms. The Morgan fingerprint density at radius 3 is 1.36 bits per heavy atom. The summed E-state index contributed by atoms with van der Waals surface area (Å²) in [5.41, 5.74) is -0.792. The van der Waals surface area contributed by atoms with E-state index in [1.54, 1.807) is 0 Å². The van der Waals surface area contributed by atoms with E-state index < -0.39 is 54.4 Å². The maximum atomic E-state index is 11.4. The summed E-state index contributed by atoms with van der Waals surface area (Å²) in [6.45, 7) is 11.3. The summed E-state index contributed by atoms with van der Waals surface area (Å²) in [6, 6.07) is 0. The summed E-state index contributed by atoms with van der Waals surface area (Å²) < 4.78 is 45.0. The molecule has 4 aliphatic rings.